The highest BCUT2D eigenvalue weighted by Gasteiger charge is 2.31. The van der Waals surface area contributed by atoms with Crippen LogP contribution in [0.2, 0.25) is 0 Å². The van der Waals surface area contributed by atoms with Gasteiger partial charge in [0, 0.05) is 17.4 Å². The minimum absolute atomic E-state index is 0.222. The molecule has 3 atom stereocenters. The first-order valence-electron chi connectivity index (χ1n) is 6.03. The molecule has 1 saturated heterocycles. The van der Waals surface area contributed by atoms with Crippen molar-refractivity contribution >= 4 is 27.0 Å². The summed E-state index contributed by atoms with van der Waals surface area (Å²) in [6.07, 6.45) is 1.30. The van der Waals surface area contributed by atoms with Gasteiger partial charge in [-0.2, -0.15) is 0 Å². The van der Waals surface area contributed by atoms with Crippen LogP contribution in [0, 0.1) is 5.92 Å². The molecule has 96 valence electrons. The molecule has 0 radical (unpaired) electrons. The van der Waals surface area contributed by atoms with Crippen molar-refractivity contribution in [1.82, 2.24) is 4.98 Å². The number of hydrogen-bond acceptors (Lipinski definition) is 3. The van der Waals surface area contributed by atoms with Crippen molar-refractivity contribution in [3.8, 4) is 0 Å². The molecule has 5 heteroatoms. The third-order valence-electron chi connectivity index (χ3n) is 3.57. The molecule has 1 aliphatic rings. The Balaban J connectivity index is 1.95. The van der Waals surface area contributed by atoms with Crippen LogP contribution in [-0.4, -0.2) is 17.7 Å². The first kappa shape index (κ1) is 12.0. The average molecular weight is 312 g/mol. The van der Waals surface area contributed by atoms with Crippen molar-refractivity contribution < 1.29 is 9.15 Å². The normalized spacial score (nSPS) is 25.7. The maximum atomic E-state index is 11.1. The van der Waals surface area contributed by atoms with Crippen molar-refractivity contribution in [1.29, 1.82) is 0 Å². The zero-order chi connectivity index (χ0) is 12.7. The number of H-pyrrole nitrogens is 1. The lowest BCUT2D eigenvalue weighted by Crippen LogP contribution is -2.16. The van der Waals surface area contributed by atoms with E-state index in [0.717, 1.165) is 24.1 Å². The molecular weight excluding hydrogens is 298 g/mol. The second-order valence-electron chi connectivity index (χ2n) is 4.70. The fourth-order valence-corrected chi connectivity index (χ4v) is 3.49. The SMILES string of the molecule is CC1OCCC1C(Br)c1ccc2[nH]c(=O)oc2c1. The summed E-state index contributed by atoms with van der Waals surface area (Å²) in [7, 11) is 0. The molecule has 4 nitrogen and oxygen atoms in total. The summed E-state index contributed by atoms with van der Waals surface area (Å²) in [5, 5.41) is 0. The van der Waals surface area contributed by atoms with Crippen molar-refractivity contribution in [3.63, 3.8) is 0 Å². The number of alkyl halides is 1. The summed E-state index contributed by atoms with van der Waals surface area (Å²) >= 11 is 3.74. The molecule has 1 fully saturated rings. The number of rotatable bonds is 2. The van der Waals surface area contributed by atoms with Crippen molar-refractivity contribution in [2.75, 3.05) is 6.61 Å². The summed E-state index contributed by atoms with van der Waals surface area (Å²) in [6, 6.07) is 5.81. The Bertz CT molecular complexity index is 618. The fraction of sp³-hybridized carbons (Fsp3) is 0.462. The van der Waals surface area contributed by atoms with Crippen LogP contribution in [0.4, 0.5) is 0 Å². The van der Waals surface area contributed by atoms with Crippen LogP contribution in [0.1, 0.15) is 23.7 Å². The predicted molar refractivity (Wildman–Crippen MR) is 72.0 cm³/mol. The van der Waals surface area contributed by atoms with Crippen LogP contribution in [0.15, 0.2) is 27.4 Å². The molecule has 1 aliphatic heterocycles. The van der Waals surface area contributed by atoms with E-state index in [1.54, 1.807) is 0 Å². The third kappa shape index (κ3) is 2.01. The van der Waals surface area contributed by atoms with E-state index >= 15 is 0 Å². The van der Waals surface area contributed by atoms with E-state index in [2.05, 4.69) is 27.8 Å². The van der Waals surface area contributed by atoms with E-state index in [4.69, 9.17) is 9.15 Å². The standard InChI is InChI=1S/C13H14BrNO3/c1-7-9(4-5-17-7)12(14)8-2-3-10-11(6-8)18-13(16)15-10/h2-3,6-7,9,12H,4-5H2,1H3,(H,15,16). The lowest BCUT2D eigenvalue weighted by molar-refractivity contribution is 0.105. The fourth-order valence-electron chi connectivity index (χ4n) is 2.51. The molecule has 0 bridgehead atoms. The molecule has 1 aromatic carbocycles. The number of benzene rings is 1. The Hall–Kier alpha value is -1.07. The highest BCUT2D eigenvalue weighted by molar-refractivity contribution is 9.09. The molecule has 3 unspecified atom stereocenters. The maximum Gasteiger partial charge on any atom is 0.417 e. The molecule has 0 amide bonds. The number of oxazole rings is 1. The van der Waals surface area contributed by atoms with E-state index in [1.165, 1.54) is 0 Å². The zero-order valence-corrected chi connectivity index (χ0v) is 11.6. The van der Waals surface area contributed by atoms with Gasteiger partial charge in [-0.3, -0.25) is 4.98 Å². The van der Waals surface area contributed by atoms with Gasteiger partial charge in [-0.05, 0) is 31.0 Å². The number of hydrogen-bond donors (Lipinski definition) is 1. The van der Waals surface area contributed by atoms with Crippen molar-refractivity contribution in [3.05, 3.63) is 34.3 Å². The first-order valence-corrected chi connectivity index (χ1v) is 6.95. The van der Waals surface area contributed by atoms with E-state index in [9.17, 15) is 4.79 Å². The molecule has 1 aromatic heterocycles. The summed E-state index contributed by atoms with van der Waals surface area (Å²) in [5.74, 6) is 0.0407. The Morgan fingerprint density at radius 2 is 2.33 bits per heavy atom. The number of halogens is 1. The van der Waals surface area contributed by atoms with Gasteiger partial charge in [0.1, 0.15) is 0 Å². The van der Waals surface area contributed by atoms with Crippen LogP contribution in [0.25, 0.3) is 11.1 Å². The molecule has 0 spiro atoms. The minimum atomic E-state index is -0.411. The van der Waals surface area contributed by atoms with Gasteiger partial charge in [-0.1, -0.05) is 22.0 Å². The monoisotopic (exact) mass is 311 g/mol. The number of aromatic nitrogens is 1. The first-order chi connectivity index (χ1) is 8.65. The molecule has 1 N–H and O–H groups in total. The topological polar surface area (TPSA) is 55.2 Å². The number of nitrogens with one attached hydrogen (secondary N) is 1. The van der Waals surface area contributed by atoms with Gasteiger partial charge in [0.15, 0.2) is 5.58 Å². The van der Waals surface area contributed by atoms with Crippen molar-refractivity contribution in [2.24, 2.45) is 5.92 Å². The van der Waals surface area contributed by atoms with E-state index in [-0.39, 0.29) is 10.9 Å². The van der Waals surface area contributed by atoms with Gasteiger partial charge in [0.05, 0.1) is 11.6 Å². The van der Waals surface area contributed by atoms with Gasteiger partial charge in [0.2, 0.25) is 0 Å². The van der Waals surface area contributed by atoms with Crippen LogP contribution >= 0.6 is 15.9 Å². The second kappa shape index (κ2) is 4.55. The average Bonchev–Trinajstić information content (AvgIpc) is 2.91. The number of aromatic amines is 1. The van der Waals surface area contributed by atoms with E-state index in [1.807, 2.05) is 18.2 Å². The largest absolute Gasteiger partial charge is 0.417 e. The Morgan fingerprint density at radius 1 is 1.50 bits per heavy atom. The van der Waals surface area contributed by atoms with Gasteiger partial charge in [0.25, 0.3) is 0 Å². The lowest BCUT2D eigenvalue weighted by atomic mass is 9.94. The van der Waals surface area contributed by atoms with Gasteiger partial charge in [-0.25, -0.2) is 4.79 Å². The van der Waals surface area contributed by atoms with Crippen LogP contribution < -0.4 is 5.76 Å². The summed E-state index contributed by atoms with van der Waals surface area (Å²) in [4.78, 5) is 14.0. The summed E-state index contributed by atoms with van der Waals surface area (Å²) < 4.78 is 10.7. The van der Waals surface area contributed by atoms with Crippen LogP contribution in [0.3, 0.4) is 0 Å². The molecule has 18 heavy (non-hydrogen) atoms. The molecule has 3 rings (SSSR count). The minimum Gasteiger partial charge on any atom is -0.408 e. The summed E-state index contributed by atoms with van der Waals surface area (Å²) in [6.45, 7) is 2.91. The zero-order valence-electron chi connectivity index (χ0n) is 9.98. The van der Waals surface area contributed by atoms with Crippen molar-refractivity contribution in [2.45, 2.75) is 24.3 Å². The highest BCUT2D eigenvalue weighted by Crippen LogP contribution is 2.39. The lowest BCUT2D eigenvalue weighted by Gasteiger charge is -2.20. The number of fused-ring (bicyclic) bond motifs is 1. The highest BCUT2D eigenvalue weighted by atomic mass is 79.9. The quantitative estimate of drug-likeness (QED) is 0.867. The molecule has 0 aliphatic carbocycles. The second-order valence-corrected chi connectivity index (χ2v) is 5.69. The molecule has 2 heterocycles. The predicted octanol–water partition coefficient (Wildman–Crippen LogP) is 2.98. The smallest absolute Gasteiger partial charge is 0.408 e. The van der Waals surface area contributed by atoms with Gasteiger partial charge in [-0.15, -0.1) is 0 Å². The number of ether oxygens (including phenoxy) is 1. The Morgan fingerprint density at radius 3 is 3.06 bits per heavy atom. The molecule has 2 aromatic rings. The third-order valence-corrected chi connectivity index (χ3v) is 4.78. The van der Waals surface area contributed by atoms with Crippen LogP contribution in [0.5, 0.6) is 0 Å². The Labute approximate surface area is 112 Å². The molecule has 0 saturated carbocycles. The maximum absolute atomic E-state index is 11.1. The van der Waals surface area contributed by atoms with Gasteiger partial charge < -0.3 is 9.15 Å². The Kier molecular flexibility index (Phi) is 3.03. The van der Waals surface area contributed by atoms with E-state index in [0.29, 0.717) is 11.5 Å². The summed E-state index contributed by atoms with van der Waals surface area (Å²) in [5.41, 5.74) is 2.46. The molecular formula is C13H14BrNO3. The van der Waals surface area contributed by atoms with E-state index < -0.39 is 5.76 Å². The van der Waals surface area contributed by atoms with Gasteiger partial charge >= 0.3 is 5.76 Å². The van der Waals surface area contributed by atoms with Crippen LogP contribution in [-0.2, 0) is 4.74 Å².